The van der Waals surface area contributed by atoms with Crippen LogP contribution in [0.5, 0.6) is 0 Å². The fourth-order valence-corrected chi connectivity index (χ4v) is 2.40. The zero-order chi connectivity index (χ0) is 10.8. The summed E-state index contributed by atoms with van der Waals surface area (Å²) in [4.78, 5) is 18.0. The third-order valence-electron chi connectivity index (χ3n) is 2.58. The van der Waals surface area contributed by atoms with E-state index in [0.717, 1.165) is 24.4 Å². The van der Waals surface area contributed by atoms with Gasteiger partial charge in [0.15, 0.2) is 0 Å². The second-order valence-electron chi connectivity index (χ2n) is 3.91. The fraction of sp³-hybridized carbons (Fsp3) is 0.600. The van der Waals surface area contributed by atoms with E-state index in [0.29, 0.717) is 12.2 Å². The normalized spacial score (nSPS) is 21.7. The summed E-state index contributed by atoms with van der Waals surface area (Å²) in [6.07, 6.45) is 2.01. The molecule has 0 aromatic carbocycles. The van der Waals surface area contributed by atoms with Gasteiger partial charge < -0.3 is 10.6 Å². The Morgan fingerprint density at radius 2 is 2.53 bits per heavy atom. The highest BCUT2D eigenvalue weighted by Gasteiger charge is 2.23. The molecule has 4 nitrogen and oxygen atoms in total. The summed E-state index contributed by atoms with van der Waals surface area (Å²) in [6, 6.07) is 0.127. The average molecular weight is 225 g/mol. The van der Waals surface area contributed by atoms with Crippen molar-refractivity contribution in [1.82, 2.24) is 9.88 Å². The zero-order valence-corrected chi connectivity index (χ0v) is 9.59. The van der Waals surface area contributed by atoms with Crippen molar-refractivity contribution >= 4 is 17.2 Å². The number of aryl methyl sites for hydroxylation is 1. The predicted molar refractivity (Wildman–Crippen MR) is 60.0 cm³/mol. The van der Waals surface area contributed by atoms with E-state index in [2.05, 4.69) is 4.98 Å². The summed E-state index contributed by atoms with van der Waals surface area (Å²) < 4.78 is 0. The monoisotopic (exact) mass is 225 g/mol. The van der Waals surface area contributed by atoms with Gasteiger partial charge in [0.05, 0.1) is 5.01 Å². The van der Waals surface area contributed by atoms with E-state index in [4.69, 9.17) is 5.73 Å². The molecule has 0 aliphatic carbocycles. The van der Waals surface area contributed by atoms with Gasteiger partial charge >= 0.3 is 0 Å². The number of carbonyl (C=O) groups is 1. The van der Waals surface area contributed by atoms with Crippen LogP contribution in [-0.4, -0.2) is 34.9 Å². The lowest BCUT2D eigenvalue weighted by molar-refractivity contribution is 0.0703. The lowest BCUT2D eigenvalue weighted by Gasteiger charge is -2.30. The van der Waals surface area contributed by atoms with Crippen molar-refractivity contribution in [2.24, 2.45) is 5.73 Å². The molecule has 2 N–H and O–H groups in total. The van der Waals surface area contributed by atoms with Gasteiger partial charge in [0, 0.05) is 24.5 Å². The zero-order valence-electron chi connectivity index (χ0n) is 8.77. The van der Waals surface area contributed by atoms with Gasteiger partial charge in [0.2, 0.25) is 0 Å². The number of piperidine rings is 1. The van der Waals surface area contributed by atoms with Gasteiger partial charge in [-0.25, -0.2) is 4.98 Å². The minimum absolute atomic E-state index is 0.0227. The number of carbonyl (C=O) groups excluding carboxylic acids is 1. The lowest BCUT2D eigenvalue weighted by atomic mass is 10.1. The van der Waals surface area contributed by atoms with E-state index >= 15 is 0 Å². The first kappa shape index (κ1) is 10.6. The first-order valence-corrected chi connectivity index (χ1v) is 6.02. The topological polar surface area (TPSA) is 59.2 Å². The number of hydrogen-bond acceptors (Lipinski definition) is 4. The second-order valence-corrected chi connectivity index (χ2v) is 4.97. The van der Waals surface area contributed by atoms with E-state index in [-0.39, 0.29) is 11.9 Å². The molecule has 0 spiro atoms. The van der Waals surface area contributed by atoms with Gasteiger partial charge in [-0.15, -0.1) is 11.3 Å². The van der Waals surface area contributed by atoms with Crippen LogP contribution in [0.2, 0.25) is 0 Å². The summed E-state index contributed by atoms with van der Waals surface area (Å²) in [7, 11) is 0. The Hall–Kier alpha value is -0.940. The summed E-state index contributed by atoms with van der Waals surface area (Å²) in [5.41, 5.74) is 6.40. The molecule has 1 aliphatic heterocycles. The van der Waals surface area contributed by atoms with Crippen LogP contribution in [0.15, 0.2) is 5.38 Å². The highest BCUT2D eigenvalue weighted by Crippen LogP contribution is 2.14. The third-order valence-corrected chi connectivity index (χ3v) is 3.36. The molecule has 1 aliphatic rings. The lowest BCUT2D eigenvalue weighted by Crippen LogP contribution is -2.45. The average Bonchev–Trinajstić information content (AvgIpc) is 2.64. The molecule has 0 radical (unpaired) electrons. The molecule has 5 heteroatoms. The maximum absolute atomic E-state index is 12.0. The summed E-state index contributed by atoms with van der Waals surface area (Å²) in [6.45, 7) is 3.38. The Morgan fingerprint density at radius 1 is 1.73 bits per heavy atom. The van der Waals surface area contributed by atoms with Crippen LogP contribution in [0.25, 0.3) is 0 Å². The van der Waals surface area contributed by atoms with Crippen LogP contribution >= 0.6 is 11.3 Å². The fourth-order valence-electron chi connectivity index (χ4n) is 1.82. The maximum Gasteiger partial charge on any atom is 0.273 e. The van der Waals surface area contributed by atoms with Gasteiger partial charge in [-0.05, 0) is 19.8 Å². The Morgan fingerprint density at radius 3 is 3.13 bits per heavy atom. The van der Waals surface area contributed by atoms with Crippen LogP contribution in [0.3, 0.4) is 0 Å². The molecule has 1 saturated heterocycles. The van der Waals surface area contributed by atoms with Crippen LogP contribution < -0.4 is 5.73 Å². The molecule has 1 aromatic rings. The molecule has 1 amide bonds. The van der Waals surface area contributed by atoms with Crippen molar-refractivity contribution < 1.29 is 4.79 Å². The Bertz CT molecular complexity index is 363. The number of hydrogen-bond donors (Lipinski definition) is 1. The second kappa shape index (κ2) is 4.28. The van der Waals surface area contributed by atoms with Gasteiger partial charge in [-0.1, -0.05) is 0 Å². The number of nitrogens with zero attached hydrogens (tertiary/aromatic N) is 2. The molecular formula is C10H15N3OS. The molecule has 2 heterocycles. The summed E-state index contributed by atoms with van der Waals surface area (Å²) in [5.74, 6) is 0.0227. The number of amides is 1. The molecule has 82 valence electrons. The van der Waals surface area contributed by atoms with E-state index in [9.17, 15) is 4.79 Å². The van der Waals surface area contributed by atoms with E-state index in [1.165, 1.54) is 11.3 Å². The molecular weight excluding hydrogens is 210 g/mol. The van der Waals surface area contributed by atoms with Crippen molar-refractivity contribution in [2.75, 3.05) is 13.1 Å². The first-order chi connectivity index (χ1) is 7.16. The summed E-state index contributed by atoms with van der Waals surface area (Å²) in [5, 5.41) is 2.75. The minimum atomic E-state index is 0.0227. The molecule has 2 rings (SSSR count). The standard InChI is InChI=1S/C10H15N3OS/c1-7-12-9(6-15-7)10(14)13-4-2-3-8(11)5-13/h6,8H,2-5,11H2,1H3. The quantitative estimate of drug-likeness (QED) is 0.776. The van der Waals surface area contributed by atoms with Crippen LogP contribution in [0.4, 0.5) is 0 Å². The number of nitrogens with two attached hydrogens (primary N) is 1. The SMILES string of the molecule is Cc1nc(C(=O)N2CCCC(N)C2)cs1. The van der Waals surface area contributed by atoms with Crippen LogP contribution in [-0.2, 0) is 0 Å². The maximum atomic E-state index is 12.0. The predicted octanol–water partition coefficient (Wildman–Crippen LogP) is 1.01. The van der Waals surface area contributed by atoms with E-state index in [1.54, 1.807) is 0 Å². The Kier molecular flexibility index (Phi) is 3.02. The van der Waals surface area contributed by atoms with Crippen molar-refractivity contribution in [3.05, 3.63) is 16.1 Å². The van der Waals surface area contributed by atoms with Crippen molar-refractivity contribution in [3.8, 4) is 0 Å². The molecule has 1 unspecified atom stereocenters. The van der Waals surface area contributed by atoms with Gasteiger partial charge in [-0.3, -0.25) is 4.79 Å². The molecule has 1 aromatic heterocycles. The van der Waals surface area contributed by atoms with Gasteiger partial charge in [0.1, 0.15) is 5.69 Å². The van der Waals surface area contributed by atoms with Gasteiger partial charge in [-0.2, -0.15) is 0 Å². The molecule has 0 saturated carbocycles. The highest BCUT2D eigenvalue weighted by molar-refractivity contribution is 7.09. The molecule has 1 atom stereocenters. The van der Waals surface area contributed by atoms with Crippen LogP contribution in [0.1, 0.15) is 28.3 Å². The molecule has 15 heavy (non-hydrogen) atoms. The Balaban J connectivity index is 2.07. The Labute approximate surface area is 93.1 Å². The summed E-state index contributed by atoms with van der Waals surface area (Å²) >= 11 is 1.51. The smallest absolute Gasteiger partial charge is 0.273 e. The van der Waals surface area contributed by atoms with Gasteiger partial charge in [0.25, 0.3) is 5.91 Å². The number of rotatable bonds is 1. The van der Waals surface area contributed by atoms with E-state index in [1.807, 2.05) is 17.2 Å². The highest BCUT2D eigenvalue weighted by atomic mass is 32.1. The number of likely N-dealkylation sites (tertiary alicyclic amines) is 1. The largest absolute Gasteiger partial charge is 0.336 e. The van der Waals surface area contributed by atoms with Crippen molar-refractivity contribution in [3.63, 3.8) is 0 Å². The first-order valence-electron chi connectivity index (χ1n) is 5.14. The number of thiazole rings is 1. The molecule has 0 bridgehead atoms. The minimum Gasteiger partial charge on any atom is -0.336 e. The van der Waals surface area contributed by atoms with Crippen molar-refractivity contribution in [2.45, 2.75) is 25.8 Å². The third kappa shape index (κ3) is 2.35. The molecule has 1 fully saturated rings. The number of aromatic nitrogens is 1. The van der Waals surface area contributed by atoms with Crippen LogP contribution in [0, 0.1) is 6.92 Å². The van der Waals surface area contributed by atoms with Crippen molar-refractivity contribution in [1.29, 1.82) is 0 Å². The van der Waals surface area contributed by atoms with E-state index < -0.39 is 0 Å².